The Morgan fingerprint density at radius 3 is 1.69 bits per heavy atom. The zero-order valence-electron chi connectivity index (χ0n) is 31.6. The molecule has 300 valence electrons. The van der Waals surface area contributed by atoms with Gasteiger partial charge in [0.05, 0.1) is 30.2 Å². The second kappa shape index (κ2) is 26.4. The summed E-state index contributed by atoms with van der Waals surface area (Å²) in [7, 11) is 7.34. The second-order valence-corrected chi connectivity index (χ2v) is 15.5. The second-order valence-electron chi connectivity index (χ2n) is 13.0. The molecule has 0 bridgehead atoms. The fourth-order valence-corrected chi connectivity index (χ4v) is 7.89. The van der Waals surface area contributed by atoms with Gasteiger partial charge in [-0.3, -0.25) is 9.97 Å². The van der Waals surface area contributed by atoms with Crippen LogP contribution in [0.15, 0.2) is 54.9 Å². The fourth-order valence-electron chi connectivity index (χ4n) is 5.71. The number of aromatic hydroxyl groups is 2. The van der Waals surface area contributed by atoms with Gasteiger partial charge in [-0.2, -0.15) is 0 Å². The Kier molecular flexibility index (Phi) is 23.8. The normalized spacial score (nSPS) is 13.5. The van der Waals surface area contributed by atoms with Crippen molar-refractivity contribution >= 4 is 45.9 Å². The first-order valence-corrected chi connectivity index (χ1v) is 20.1. The van der Waals surface area contributed by atoms with E-state index in [4.69, 9.17) is 14.9 Å². The van der Waals surface area contributed by atoms with Crippen LogP contribution in [-0.2, 0) is 45.5 Å². The summed E-state index contributed by atoms with van der Waals surface area (Å²) in [6.07, 6.45) is 14.5. The minimum Gasteiger partial charge on any atom is -0.506 e. The zero-order chi connectivity index (χ0) is 39.2. The van der Waals surface area contributed by atoms with E-state index in [9.17, 15) is 30.0 Å². The number of benzene rings is 1. The maximum Gasteiger partial charge on any atom is 0.328 e. The van der Waals surface area contributed by atoms with E-state index in [1.807, 2.05) is 0 Å². The molecule has 1 fully saturated rings. The van der Waals surface area contributed by atoms with E-state index in [2.05, 4.69) is 59.3 Å². The SMILES string of the molecule is CN(C)CCCOC1(Cc2ccccc2)CCCCCC1.Cc1ncc(CSSCc2cnc(C)c(O)c2CO)c(CO)c1O.Cl.O=C(O)/C=C/C(=O)O. The van der Waals surface area contributed by atoms with Crippen LogP contribution in [0.4, 0.5) is 0 Å². The largest absolute Gasteiger partial charge is 0.506 e. The summed E-state index contributed by atoms with van der Waals surface area (Å²) >= 11 is 0. The van der Waals surface area contributed by atoms with Crippen molar-refractivity contribution in [3.05, 3.63) is 94.1 Å². The predicted octanol–water partition coefficient (Wildman–Crippen LogP) is 6.99. The van der Waals surface area contributed by atoms with Crippen molar-refractivity contribution in [3.8, 4) is 11.5 Å². The Labute approximate surface area is 332 Å². The van der Waals surface area contributed by atoms with Gasteiger partial charge in [-0.25, -0.2) is 9.59 Å². The highest BCUT2D eigenvalue weighted by atomic mass is 35.5. The van der Waals surface area contributed by atoms with Gasteiger partial charge in [-0.15, -0.1) is 12.4 Å². The summed E-state index contributed by atoms with van der Waals surface area (Å²) in [5.74, 6) is -1.30. The maximum atomic E-state index is 9.94. The van der Waals surface area contributed by atoms with Crippen molar-refractivity contribution in [3.63, 3.8) is 0 Å². The molecule has 12 nitrogen and oxygen atoms in total. The molecule has 0 saturated heterocycles. The highest BCUT2D eigenvalue weighted by Crippen LogP contribution is 2.36. The van der Waals surface area contributed by atoms with Crippen molar-refractivity contribution in [2.45, 2.75) is 95.5 Å². The van der Waals surface area contributed by atoms with Crippen molar-refractivity contribution in [1.82, 2.24) is 14.9 Å². The van der Waals surface area contributed by atoms with Crippen molar-refractivity contribution in [2.75, 3.05) is 27.2 Å². The number of carboxylic acid groups (broad SMARTS) is 2. The lowest BCUT2D eigenvalue weighted by molar-refractivity contribution is -0.134. The molecular weight excluding hydrogens is 754 g/mol. The summed E-state index contributed by atoms with van der Waals surface area (Å²) in [6.45, 7) is 4.91. The minimum absolute atomic E-state index is 0. The number of pyridine rings is 2. The van der Waals surface area contributed by atoms with Crippen LogP contribution in [0.3, 0.4) is 0 Å². The lowest BCUT2D eigenvalue weighted by Gasteiger charge is -2.33. The van der Waals surface area contributed by atoms with Crippen LogP contribution >= 0.6 is 34.0 Å². The molecule has 1 aliphatic rings. The Hall–Kier alpha value is -3.37. The van der Waals surface area contributed by atoms with E-state index in [1.54, 1.807) is 26.2 Å². The highest BCUT2D eigenvalue weighted by Gasteiger charge is 2.32. The van der Waals surface area contributed by atoms with Gasteiger partial charge in [0.15, 0.2) is 0 Å². The number of carboxylic acids is 2. The quantitative estimate of drug-likeness (QED) is 0.0375. The topological polar surface area (TPSA) is 194 Å². The summed E-state index contributed by atoms with van der Waals surface area (Å²) in [6, 6.07) is 10.9. The summed E-state index contributed by atoms with van der Waals surface area (Å²) in [4.78, 5) is 29.6. The van der Waals surface area contributed by atoms with Gasteiger partial charge >= 0.3 is 11.9 Å². The number of rotatable bonds is 16. The fraction of sp³-hybridized carbons (Fsp3) is 0.487. The number of hydrogen-bond acceptors (Lipinski definition) is 12. The van der Waals surface area contributed by atoms with Crippen LogP contribution in [-0.4, -0.2) is 90.3 Å². The average molecular weight is 810 g/mol. The molecule has 0 amide bonds. The predicted molar refractivity (Wildman–Crippen MR) is 217 cm³/mol. The molecule has 2 aromatic heterocycles. The third kappa shape index (κ3) is 17.8. The van der Waals surface area contributed by atoms with Gasteiger partial charge in [0.25, 0.3) is 0 Å². The Morgan fingerprint density at radius 1 is 0.815 bits per heavy atom. The first-order chi connectivity index (χ1) is 25.3. The highest BCUT2D eigenvalue weighted by molar-refractivity contribution is 8.76. The number of carbonyl (C=O) groups is 2. The van der Waals surface area contributed by atoms with Crippen LogP contribution in [0.1, 0.15) is 84.2 Å². The molecule has 54 heavy (non-hydrogen) atoms. The molecule has 1 aromatic carbocycles. The summed E-state index contributed by atoms with van der Waals surface area (Å²) < 4.78 is 6.48. The zero-order valence-corrected chi connectivity index (χ0v) is 34.0. The molecule has 3 aromatic rings. The number of ether oxygens (including phenoxy) is 1. The van der Waals surface area contributed by atoms with Gasteiger partial charge in [0.2, 0.25) is 0 Å². The Morgan fingerprint density at radius 2 is 1.28 bits per heavy atom. The molecule has 6 N–H and O–H groups in total. The Balaban J connectivity index is 0.000000446. The first kappa shape index (κ1) is 48.6. The summed E-state index contributed by atoms with van der Waals surface area (Å²) in [5.41, 5.74) is 5.07. The van der Waals surface area contributed by atoms with Crippen molar-refractivity contribution < 1.29 is 45.0 Å². The standard InChI is InChI=1S/C19H31NO.C16H20N2O4S2.C4H4O4.ClH/c1-20(2)15-10-16-21-19(13-8-3-4-9-14-19)17-18-11-6-5-7-12-18;1-9-15(21)13(5-19)11(3-17-9)7-23-24-8-12-4-18-10(2)16(22)14(12)6-20;5-3(6)1-2-4(7)8;/h5-7,11-12H,3-4,8-10,13-17H2,1-2H3;3-4,19-22H,5-8H2,1-2H3;1-2H,(H,5,6)(H,7,8);1H/b;;2-1+;. The third-order valence-corrected chi connectivity index (χ3v) is 10.8. The molecule has 0 atom stereocenters. The number of nitrogens with zero attached hydrogens (tertiary/aromatic N) is 3. The van der Waals surface area contributed by atoms with E-state index >= 15 is 0 Å². The molecule has 2 heterocycles. The monoisotopic (exact) mass is 809 g/mol. The number of aryl methyl sites for hydroxylation is 2. The number of aromatic nitrogens is 2. The number of aliphatic carboxylic acids is 2. The van der Waals surface area contributed by atoms with Crippen LogP contribution in [0, 0.1) is 13.8 Å². The van der Waals surface area contributed by atoms with Gasteiger partial charge in [0, 0.05) is 60.2 Å². The van der Waals surface area contributed by atoms with E-state index in [0.29, 0.717) is 46.2 Å². The maximum absolute atomic E-state index is 9.94. The lowest BCUT2D eigenvalue weighted by atomic mass is 9.87. The minimum atomic E-state index is -1.26. The van der Waals surface area contributed by atoms with Crippen molar-refractivity contribution in [2.24, 2.45) is 0 Å². The van der Waals surface area contributed by atoms with Crippen molar-refractivity contribution in [1.29, 1.82) is 0 Å². The van der Waals surface area contributed by atoms with Gasteiger partial charge < -0.3 is 40.3 Å². The molecular formula is C39H56ClN3O9S2. The molecule has 1 aliphatic carbocycles. The first-order valence-electron chi connectivity index (χ1n) is 17.6. The van der Waals surface area contributed by atoms with E-state index in [-0.39, 0.29) is 42.7 Å². The number of aliphatic hydroxyl groups excluding tert-OH is 2. The van der Waals surface area contributed by atoms with Crippen LogP contribution < -0.4 is 0 Å². The van der Waals surface area contributed by atoms with Crippen LogP contribution in [0.2, 0.25) is 0 Å². The molecule has 0 spiro atoms. The molecule has 15 heteroatoms. The number of halogens is 1. The molecule has 0 aliphatic heterocycles. The van der Waals surface area contributed by atoms with Gasteiger partial charge in [-0.1, -0.05) is 77.6 Å². The molecule has 0 unspecified atom stereocenters. The molecule has 0 radical (unpaired) electrons. The van der Waals surface area contributed by atoms with E-state index in [1.165, 1.54) is 65.7 Å². The van der Waals surface area contributed by atoms with E-state index < -0.39 is 11.9 Å². The smallest absolute Gasteiger partial charge is 0.328 e. The Bertz CT molecular complexity index is 1510. The van der Waals surface area contributed by atoms with Gasteiger partial charge in [0.1, 0.15) is 11.5 Å². The van der Waals surface area contributed by atoms with Gasteiger partial charge in [-0.05, 0) is 70.4 Å². The molecule has 4 rings (SSSR count). The summed E-state index contributed by atoms with van der Waals surface area (Å²) in [5, 5.41) is 54.3. The average Bonchev–Trinajstić information content (AvgIpc) is 3.37. The number of aliphatic hydroxyl groups is 2. The van der Waals surface area contributed by atoms with Crippen LogP contribution in [0.25, 0.3) is 0 Å². The lowest BCUT2D eigenvalue weighted by Crippen LogP contribution is -2.35. The third-order valence-electron chi connectivity index (χ3n) is 8.60. The molecule has 1 saturated carbocycles. The van der Waals surface area contributed by atoms with Crippen LogP contribution in [0.5, 0.6) is 11.5 Å². The van der Waals surface area contributed by atoms with E-state index in [0.717, 1.165) is 37.1 Å². The number of hydrogen-bond donors (Lipinski definition) is 6.